The molecule has 0 saturated heterocycles. The molecule has 2 aromatic rings. The van der Waals surface area contributed by atoms with Crippen molar-refractivity contribution in [2.75, 3.05) is 11.9 Å². The van der Waals surface area contributed by atoms with Gasteiger partial charge >= 0.3 is 6.18 Å². The van der Waals surface area contributed by atoms with Gasteiger partial charge in [0.15, 0.2) is 0 Å². The molecule has 0 fully saturated rings. The molecule has 9 heteroatoms. The lowest BCUT2D eigenvalue weighted by Crippen LogP contribution is -2.27. The highest BCUT2D eigenvalue weighted by Gasteiger charge is 2.28. The smallest absolute Gasteiger partial charge is 0.359 e. The van der Waals surface area contributed by atoms with Crippen LogP contribution in [0.1, 0.15) is 17.7 Å². The van der Waals surface area contributed by atoms with E-state index in [1.807, 2.05) is 0 Å². The van der Waals surface area contributed by atoms with Gasteiger partial charge in [-0.05, 0) is 18.6 Å². The van der Waals surface area contributed by atoms with Crippen LogP contribution in [0.3, 0.4) is 0 Å². The summed E-state index contributed by atoms with van der Waals surface area (Å²) < 4.78 is 39.0. The van der Waals surface area contributed by atoms with Gasteiger partial charge in [-0.25, -0.2) is 10.5 Å². The number of halogens is 3. The molecule has 0 radical (unpaired) electrons. The number of nitrogens with zero attached hydrogens (tertiary/aromatic N) is 2. The Balaban J connectivity index is 2.35. The largest absolute Gasteiger partial charge is 0.389 e. The first-order chi connectivity index (χ1) is 10.3. The summed E-state index contributed by atoms with van der Waals surface area (Å²) in [5, 5.41) is 11.1. The Hall–Kier alpha value is -2.29. The number of anilines is 1. The van der Waals surface area contributed by atoms with E-state index in [9.17, 15) is 18.0 Å². The number of aromatic nitrogens is 2. The highest BCUT2D eigenvalue weighted by atomic mass is 19.4. The highest BCUT2D eigenvalue weighted by molar-refractivity contribution is 5.79. The number of carbonyl (C=O) groups is 1. The van der Waals surface area contributed by atoms with Gasteiger partial charge in [0.25, 0.3) is 5.91 Å². The van der Waals surface area contributed by atoms with Crippen LogP contribution >= 0.6 is 0 Å². The first-order valence-electron chi connectivity index (χ1n) is 6.52. The lowest BCUT2D eigenvalue weighted by molar-refractivity contribution is -0.134. The zero-order chi connectivity index (χ0) is 16.3. The molecule has 0 aliphatic rings. The fourth-order valence-corrected chi connectivity index (χ4v) is 2.10. The van der Waals surface area contributed by atoms with E-state index in [1.54, 1.807) is 29.7 Å². The first kappa shape index (κ1) is 16.1. The number of hydrogen-bond donors (Lipinski definition) is 3. The topological polar surface area (TPSA) is 78.7 Å². The molecule has 2 aromatic heterocycles. The van der Waals surface area contributed by atoms with Gasteiger partial charge in [0.05, 0.1) is 12.2 Å². The second kappa shape index (κ2) is 6.22. The van der Waals surface area contributed by atoms with Gasteiger partial charge in [-0.2, -0.15) is 13.2 Å². The maximum Gasteiger partial charge on any atom is 0.389 e. The maximum absolute atomic E-state index is 12.5. The molecule has 120 valence electrons. The van der Waals surface area contributed by atoms with Crippen molar-refractivity contribution < 1.29 is 23.2 Å². The molecule has 22 heavy (non-hydrogen) atoms. The lowest BCUT2D eigenvalue weighted by Gasteiger charge is -2.09. The Bertz CT molecular complexity index is 682. The minimum Gasteiger partial charge on any atom is -0.359 e. The number of fused-ring (bicyclic) bond motifs is 1. The molecular weight excluding hydrogens is 301 g/mol. The number of aryl methyl sites for hydroxylation is 2. The number of alkyl halides is 3. The zero-order valence-electron chi connectivity index (χ0n) is 11.7. The molecule has 2 heterocycles. The van der Waals surface area contributed by atoms with Crippen LogP contribution in [0.4, 0.5) is 19.0 Å². The Morgan fingerprint density at radius 2 is 2.18 bits per heavy atom. The fraction of sp³-hybridized carbons (Fsp3) is 0.385. The molecule has 0 aromatic carbocycles. The molecule has 0 saturated carbocycles. The molecule has 0 aliphatic heterocycles. The quantitative estimate of drug-likeness (QED) is 0.583. The average molecular weight is 316 g/mol. The van der Waals surface area contributed by atoms with Crippen LogP contribution in [0.15, 0.2) is 18.3 Å². The van der Waals surface area contributed by atoms with Crippen molar-refractivity contribution in [3.8, 4) is 0 Å². The molecule has 0 aliphatic carbocycles. The second-order valence-corrected chi connectivity index (χ2v) is 4.80. The number of nitrogens with one attached hydrogen (secondary N) is 2. The molecule has 0 bridgehead atoms. The van der Waals surface area contributed by atoms with Crippen molar-refractivity contribution in [1.82, 2.24) is 14.9 Å². The summed E-state index contributed by atoms with van der Waals surface area (Å²) >= 11 is 0. The molecule has 0 atom stereocenters. The third kappa shape index (κ3) is 3.67. The first-order valence-corrected chi connectivity index (χ1v) is 6.52. The van der Waals surface area contributed by atoms with Crippen LogP contribution in [0.5, 0.6) is 0 Å². The van der Waals surface area contributed by atoms with E-state index in [4.69, 9.17) is 5.21 Å². The third-order valence-corrected chi connectivity index (χ3v) is 3.13. The van der Waals surface area contributed by atoms with Gasteiger partial charge < -0.3 is 9.72 Å². The summed E-state index contributed by atoms with van der Waals surface area (Å²) in [7, 11) is 0. The van der Waals surface area contributed by atoms with Crippen molar-refractivity contribution in [3.05, 3.63) is 29.6 Å². The van der Waals surface area contributed by atoms with Crippen LogP contribution < -0.4 is 10.8 Å². The minimum absolute atomic E-state index is 0.196. The van der Waals surface area contributed by atoms with Gasteiger partial charge in [-0.3, -0.25) is 10.0 Å². The van der Waals surface area contributed by atoms with Crippen molar-refractivity contribution in [2.45, 2.75) is 25.9 Å². The van der Waals surface area contributed by atoms with E-state index in [-0.39, 0.29) is 18.8 Å². The summed E-state index contributed by atoms with van der Waals surface area (Å²) in [5.41, 5.74) is 3.10. The van der Waals surface area contributed by atoms with Gasteiger partial charge in [-0.1, -0.05) is 6.07 Å². The lowest BCUT2D eigenvalue weighted by atomic mass is 10.2. The second-order valence-electron chi connectivity index (χ2n) is 4.80. The third-order valence-electron chi connectivity index (χ3n) is 3.13. The Labute approximate surface area is 123 Å². The Morgan fingerprint density at radius 1 is 1.45 bits per heavy atom. The predicted molar refractivity (Wildman–Crippen MR) is 72.7 cm³/mol. The van der Waals surface area contributed by atoms with Crippen molar-refractivity contribution in [1.29, 1.82) is 0 Å². The van der Waals surface area contributed by atoms with Crippen LogP contribution in [0.2, 0.25) is 0 Å². The minimum atomic E-state index is -4.28. The number of pyridine rings is 1. The van der Waals surface area contributed by atoms with Crippen molar-refractivity contribution in [2.24, 2.45) is 0 Å². The summed E-state index contributed by atoms with van der Waals surface area (Å²) in [4.78, 5) is 15.3. The molecule has 3 N–H and O–H groups in total. The molecule has 2 rings (SSSR count). The zero-order valence-corrected chi connectivity index (χ0v) is 11.7. The summed E-state index contributed by atoms with van der Waals surface area (Å²) in [6.45, 7) is 1.50. The van der Waals surface area contributed by atoms with Crippen LogP contribution in [0.25, 0.3) is 5.65 Å². The molecule has 0 unspecified atom stereocenters. The van der Waals surface area contributed by atoms with E-state index in [0.29, 0.717) is 11.3 Å². The number of carbonyl (C=O) groups excluding carboxylic acids is 1. The molecular formula is C13H15F3N4O2. The predicted octanol–water partition coefficient (Wildman–Crippen LogP) is 2.05. The van der Waals surface area contributed by atoms with Crippen molar-refractivity contribution >= 4 is 17.4 Å². The molecule has 6 nitrogen and oxygen atoms in total. The number of hydrogen-bond acceptors (Lipinski definition) is 4. The number of amides is 1. The number of imidazole rings is 1. The summed E-state index contributed by atoms with van der Waals surface area (Å²) in [6.07, 6.45) is -3.92. The highest BCUT2D eigenvalue weighted by Crippen LogP contribution is 2.26. The van der Waals surface area contributed by atoms with Gasteiger partial charge in [0, 0.05) is 19.0 Å². The average Bonchev–Trinajstić information content (AvgIpc) is 2.81. The van der Waals surface area contributed by atoms with Gasteiger partial charge in [-0.15, -0.1) is 0 Å². The van der Waals surface area contributed by atoms with Gasteiger partial charge in [0.2, 0.25) is 0 Å². The number of hydroxylamine groups is 1. The van der Waals surface area contributed by atoms with Crippen LogP contribution in [-0.4, -0.2) is 33.2 Å². The number of rotatable bonds is 5. The van der Waals surface area contributed by atoms with Crippen molar-refractivity contribution in [3.63, 3.8) is 0 Å². The van der Waals surface area contributed by atoms with Gasteiger partial charge in [0.1, 0.15) is 11.5 Å². The van der Waals surface area contributed by atoms with E-state index in [0.717, 1.165) is 5.56 Å². The summed E-state index contributed by atoms with van der Waals surface area (Å²) in [5.74, 6) is -0.516. The maximum atomic E-state index is 12.5. The SMILES string of the molecule is Cc1cccn2c(CCC(F)(F)F)c(NCC(=O)NO)nc12. The summed E-state index contributed by atoms with van der Waals surface area (Å²) in [6, 6.07) is 3.51. The fourth-order valence-electron chi connectivity index (χ4n) is 2.10. The monoisotopic (exact) mass is 316 g/mol. The van der Waals surface area contributed by atoms with E-state index >= 15 is 0 Å². The van der Waals surface area contributed by atoms with E-state index in [2.05, 4.69) is 10.3 Å². The molecule has 1 amide bonds. The van der Waals surface area contributed by atoms with E-state index in [1.165, 1.54) is 5.48 Å². The van der Waals surface area contributed by atoms with Crippen LogP contribution in [0, 0.1) is 6.92 Å². The Kier molecular flexibility index (Phi) is 4.55. The normalized spacial score (nSPS) is 11.7. The van der Waals surface area contributed by atoms with E-state index < -0.39 is 18.5 Å². The molecule has 0 spiro atoms. The standard InChI is InChI=1S/C13H15F3N4O2/c1-8-3-2-6-20-9(4-5-13(14,15)16)11(18-12(8)20)17-7-10(21)19-22/h2-3,6,17,22H,4-5,7H2,1H3,(H,19,21). The Morgan fingerprint density at radius 3 is 2.82 bits per heavy atom. The van der Waals surface area contributed by atoms with Crippen LogP contribution in [-0.2, 0) is 11.2 Å².